The molecule has 0 aliphatic carbocycles. The molecule has 18 heavy (non-hydrogen) atoms. The molecule has 106 valence electrons. The van der Waals surface area contributed by atoms with Crippen molar-refractivity contribution < 1.29 is 23.0 Å². The van der Waals surface area contributed by atoms with Gasteiger partial charge in [0.25, 0.3) is 0 Å². The first-order valence-electron chi connectivity index (χ1n) is 6.36. The fourth-order valence-electron chi connectivity index (χ4n) is 2.42. The summed E-state index contributed by atoms with van der Waals surface area (Å²) in [6.45, 7) is 3.29. The third-order valence-corrected chi connectivity index (χ3v) is 6.04. The zero-order valence-electron chi connectivity index (χ0n) is 10.6. The first-order chi connectivity index (χ1) is 8.55. The third-order valence-electron chi connectivity index (χ3n) is 3.57. The van der Waals surface area contributed by atoms with Crippen LogP contribution in [0, 0.1) is 0 Å². The van der Waals surface area contributed by atoms with Crippen molar-refractivity contribution in [3.05, 3.63) is 0 Å². The van der Waals surface area contributed by atoms with E-state index in [1.165, 1.54) is 4.31 Å². The Balaban J connectivity index is 2.11. The van der Waals surface area contributed by atoms with Crippen molar-refractivity contribution >= 4 is 10.0 Å². The molecule has 2 aliphatic rings. The molecule has 2 heterocycles. The molecule has 2 rings (SSSR count). The Morgan fingerprint density at radius 1 is 1.33 bits per heavy atom. The molecule has 0 aromatic rings. The van der Waals surface area contributed by atoms with E-state index in [1.54, 1.807) is 0 Å². The molecule has 0 spiro atoms. The molecule has 2 atom stereocenters. The molecular formula is C11H21NO5S. The van der Waals surface area contributed by atoms with Crippen molar-refractivity contribution in [3.8, 4) is 0 Å². The van der Waals surface area contributed by atoms with Crippen LogP contribution in [0.2, 0.25) is 0 Å². The van der Waals surface area contributed by atoms with Gasteiger partial charge >= 0.3 is 0 Å². The van der Waals surface area contributed by atoms with Gasteiger partial charge in [-0.05, 0) is 19.8 Å². The number of nitrogens with zero attached hydrogens (tertiary/aromatic N) is 1. The maximum Gasteiger partial charge on any atom is 0.217 e. The highest BCUT2D eigenvalue weighted by atomic mass is 32.2. The number of aliphatic hydroxyl groups excluding tert-OH is 1. The second kappa shape index (κ2) is 5.83. The second-order valence-corrected chi connectivity index (χ2v) is 7.08. The lowest BCUT2D eigenvalue weighted by Gasteiger charge is -2.39. The van der Waals surface area contributed by atoms with E-state index in [0.29, 0.717) is 32.7 Å². The van der Waals surface area contributed by atoms with Gasteiger partial charge in [0.2, 0.25) is 10.0 Å². The molecular weight excluding hydrogens is 258 g/mol. The summed E-state index contributed by atoms with van der Waals surface area (Å²) in [5.41, 5.74) is 0. The van der Waals surface area contributed by atoms with Gasteiger partial charge in [0.1, 0.15) is 0 Å². The molecule has 2 unspecified atom stereocenters. The van der Waals surface area contributed by atoms with E-state index in [-0.39, 0.29) is 24.4 Å². The molecule has 2 saturated heterocycles. The van der Waals surface area contributed by atoms with Gasteiger partial charge in [0.05, 0.1) is 24.6 Å². The van der Waals surface area contributed by atoms with Crippen molar-refractivity contribution in [2.24, 2.45) is 0 Å². The second-order valence-electron chi connectivity index (χ2n) is 4.91. The Morgan fingerprint density at radius 3 is 2.61 bits per heavy atom. The predicted molar refractivity (Wildman–Crippen MR) is 65.8 cm³/mol. The van der Waals surface area contributed by atoms with Crippen LogP contribution in [-0.2, 0) is 19.5 Å². The van der Waals surface area contributed by atoms with Gasteiger partial charge in [-0.1, -0.05) is 0 Å². The van der Waals surface area contributed by atoms with Gasteiger partial charge in [-0.15, -0.1) is 0 Å². The molecule has 1 N–H and O–H groups in total. The lowest BCUT2D eigenvalue weighted by molar-refractivity contribution is -0.0521. The topological polar surface area (TPSA) is 76.1 Å². The number of aliphatic hydroxyl groups is 1. The van der Waals surface area contributed by atoms with E-state index in [0.717, 1.165) is 0 Å². The lowest BCUT2D eigenvalue weighted by atomic mass is 10.2. The SMILES string of the molecule is CC1COC(CO)CN1S(=O)(=O)C1CCOCC1. The molecule has 0 saturated carbocycles. The summed E-state index contributed by atoms with van der Waals surface area (Å²) in [6, 6.07) is -0.166. The maximum atomic E-state index is 12.5. The Bertz CT molecular complexity index is 366. The first kappa shape index (κ1) is 14.2. The Kier molecular flexibility index (Phi) is 4.60. The zero-order valence-corrected chi connectivity index (χ0v) is 11.4. The normalized spacial score (nSPS) is 32.6. The Labute approximate surface area is 108 Å². The molecule has 0 aromatic heterocycles. The van der Waals surface area contributed by atoms with E-state index in [4.69, 9.17) is 14.6 Å². The van der Waals surface area contributed by atoms with E-state index >= 15 is 0 Å². The number of ether oxygens (including phenoxy) is 2. The van der Waals surface area contributed by atoms with Crippen molar-refractivity contribution in [1.29, 1.82) is 0 Å². The number of hydrogen-bond donors (Lipinski definition) is 1. The van der Waals surface area contributed by atoms with Crippen molar-refractivity contribution in [2.75, 3.05) is 33.0 Å². The van der Waals surface area contributed by atoms with Crippen LogP contribution in [0.3, 0.4) is 0 Å². The van der Waals surface area contributed by atoms with Crippen LogP contribution in [0.5, 0.6) is 0 Å². The largest absolute Gasteiger partial charge is 0.394 e. The average molecular weight is 279 g/mol. The van der Waals surface area contributed by atoms with Crippen LogP contribution in [0.1, 0.15) is 19.8 Å². The summed E-state index contributed by atoms with van der Waals surface area (Å²) in [5.74, 6) is 0. The Morgan fingerprint density at radius 2 is 2.00 bits per heavy atom. The van der Waals surface area contributed by atoms with Gasteiger partial charge in [-0.3, -0.25) is 0 Å². The fourth-order valence-corrected chi connectivity index (χ4v) is 4.53. The maximum absolute atomic E-state index is 12.5. The lowest BCUT2D eigenvalue weighted by Crippen LogP contribution is -2.54. The molecule has 2 fully saturated rings. The van der Waals surface area contributed by atoms with Gasteiger partial charge in [0, 0.05) is 25.8 Å². The molecule has 6 nitrogen and oxygen atoms in total. The minimum Gasteiger partial charge on any atom is -0.394 e. The minimum atomic E-state index is -3.32. The van der Waals surface area contributed by atoms with Gasteiger partial charge < -0.3 is 14.6 Å². The minimum absolute atomic E-state index is 0.146. The van der Waals surface area contributed by atoms with E-state index in [1.807, 2.05) is 6.92 Å². The molecule has 7 heteroatoms. The Hall–Kier alpha value is -0.210. The smallest absolute Gasteiger partial charge is 0.217 e. The highest BCUT2D eigenvalue weighted by molar-refractivity contribution is 7.89. The van der Waals surface area contributed by atoms with Crippen LogP contribution < -0.4 is 0 Å². The average Bonchev–Trinajstić information content (AvgIpc) is 2.40. The van der Waals surface area contributed by atoms with Crippen LogP contribution >= 0.6 is 0 Å². The quantitative estimate of drug-likeness (QED) is 0.759. The molecule has 0 aromatic carbocycles. The van der Waals surface area contributed by atoms with E-state index in [2.05, 4.69) is 0 Å². The first-order valence-corrected chi connectivity index (χ1v) is 7.87. The van der Waals surface area contributed by atoms with Crippen LogP contribution in [0.25, 0.3) is 0 Å². The van der Waals surface area contributed by atoms with E-state index < -0.39 is 16.1 Å². The van der Waals surface area contributed by atoms with Crippen molar-refractivity contribution in [3.63, 3.8) is 0 Å². The third kappa shape index (κ3) is 2.85. The van der Waals surface area contributed by atoms with Crippen LogP contribution in [0.4, 0.5) is 0 Å². The van der Waals surface area contributed by atoms with Gasteiger partial charge in [-0.25, -0.2) is 8.42 Å². The van der Waals surface area contributed by atoms with Crippen molar-refractivity contribution in [1.82, 2.24) is 4.31 Å². The van der Waals surface area contributed by atoms with Gasteiger partial charge in [0.15, 0.2) is 0 Å². The summed E-state index contributed by atoms with van der Waals surface area (Å²) in [7, 11) is -3.32. The molecule has 0 radical (unpaired) electrons. The van der Waals surface area contributed by atoms with Crippen molar-refractivity contribution in [2.45, 2.75) is 37.2 Å². The molecule has 2 aliphatic heterocycles. The summed E-state index contributed by atoms with van der Waals surface area (Å²) >= 11 is 0. The number of morpholine rings is 1. The predicted octanol–water partition coefficient (Wildman–Crippen LogP) is -0.423. The summed E-state index contributed by atoms with van der Waals surface area (Å²) in [5, 5.41) is 8.75. The summed E-state index contributed by atoms with van der Waals surface area (Å²) in [4.78, 5) is 0. The van der Waals surface area contributed by atoms with E-state index in [9.17, 15) is 8.42 Å². The monoisotopic (exact) mass is 279 g/mol. The summed E-state index contributed by atoms with van der Waals surface area (Å²) < 4.78 is 37.2. The zero-order chi connectivity index (χ0) is 13.2. The number of hydrogen-bond acceptors (Lipinski definition) is 5. The highest BCUT2D eigenvalue weighted by Gasteiger charge is 2.39. The molecule has 0 amide bonds. The van der Waals surface area contributed by atoms with Crippen LogP contribution in [0.15, 0.2) is 0 Å². The molecule has 0 bridgehead atoms. The summed E-state index contributed by atoms with van der Waals surface area (Å²) in [6.07, 6.45) is 0.697. The standard InChI is InChI=1S/C11H21NO5S/c1-9-8-17-10(7-13)6-12(9)18(14,15)11-2-4-16-5-3-11/h9-11,13H,2-8H2,1H3. The number of rotatable bonds is 3. The number of sulfonamides is 1. The van der Waals surface area contributed by atoms with Gasteiger partial charge in [-0.2, -0.15) is 4.31 Å². The highest BCUT2D eigenvalue weighted by Crippen LogP contribution is 2.24. The van der Waals surface area contributed by atoms with Crippen LogP contribution in [-0.4, -0.2) is 68.2 Å². The fraction of sp³-hybridized carbons (Fsp3) is 1.00.